The highest BCUT2D eigenvalue weighted by molar-refractivity contribution is 5.81. The van der Waals surface area contributed by atoms with E-state index in [1.54, 1.807) is 7.11 Å². The van der Waals surface area contributed by atoms with Crippen LogP contribution in [0.15, 0.2) is 29.3 Å². The summed E-state index contributed by atoms with van der Waals surface area (Å²) in [6.07, 6.45) is 0. The third-order valence-electron chi connectivity index (χ3n) is 3.24. The summed E-state index contributed by atoms with van der Waals surface area (Å²) in [6, 6.07) is 8.47. The molecule has 0 bridgehead atoms. The van der Waals surface area contributed by atoms with Crippen molar-refractivity contribution in [3.8, 4) is 5.75 Å². The number of aliphatic imine (C=N–C) groups is 1. The highest BCUT2D eigenvalue weighted by Gasteiger charge is 2.16. The van der Waals surface area contributed by atoms with Gasteiger partial charge >= 0.3 is 0 Å². The van der Waals surface area contributed by atoms with Crippen molar-refractivity contribution < 1.29 is 4.74 Å². The van der Waals surface area contributed by atoms with Crippen molar-refractivity contribution in [3.63, 3.8) is 0 Å². The Bertz CT molecular complexity index is 445. The maximum atomic E-state index is 5.29. The number of nitrogens with one attached hydrogen (secondary N) is 2. The van der Waals surface area contributed by atoms with Gasteiger partial charge < -0.3 is 20.3 Å². The third-order valence-corrected chi connectivity index (χ3v) is 3.24. The van der Waals surface area contributed by atoms with Crippen molar-refractivity contribution in [2.45, 2.75) is 6.04 Å². The lowest BCUT2D eigenvalue weighted by Crippen LogP contribution is -2.39. The minimum Gasteiger partial charge on any atom is -0.497 e. The van der Waals surface area contributed by atoms with E-state index in [0.717, 1.165) is 31.3 Å². The highest BCUT2D eigenvalue weighted by Crippen LogP contribution is 2.21. The van der Waals surface area contributed by atoms with Gasteiger partial charge in [-0.05, 0) is 31.8 Å². The Balaban J connectivity index is 2.05. The number of hydrogen-bond acceptors (Lipinski definition) is 5. The first-order valence-electron chi connectivity index (χ1n) is 6.53. The lowest BCUT2D eigenvalue weighted by atomic mass is 10.1. The number of likely N-dealkylation sites (N-methyl/N-ethyl adjacent to an activating group) is 1. The first kappa shape index (κ1) is 13.7. The van der Waals surface area contributed by atoms with Gasteiger partial charge in [-0.25, -0.2) is 0 Å². The van der Waals surface area contributed by atoms with Gasteiger partial charge in [-0.2, -0.15) is 0 Å². The second kappa shape index (κ2) is 6.43. The molecule has 1 heterocycles. The number of rotatable bonds is 5. The van der Waals surface area contributed by atoms with E-state index in [9.17, 15) is 0 Å². The van der Waals surface area contributed by atoms with Gasteiger partial charge in [0.1, 0.15) is 5.75 Å². The molecule has 1 aliphatic rings. The number of methoxy groups -OCH3 is 1. The van der Waals surface area contributed by atoms with Gasteiger partial charge in [-0.1, -0.05) is 12.1 Å². The van der Waals surface area contributed by atoms with Gasteiger partial charge in [0.2, 0.25) is 0 Å². The quantitative estimate of drug-likeness (QED) is 0.826. The van der Waals surface area contributed by atoms with Crippen molar-refractivity contribution >= 4 is 5.96 Å². The molecule has 1 aromatic rings. The van der Waals surface area contributed by atoms with E-state index in [1.165, 1.54) is 5.56 Å². The Labute approximate surface area is 114 Å². The smallest absolute Gasteiger partial charge is 0.191 e. The average molecular weight is 262 g/mol. The number of hydrogen-bond donors (Lipinski definition) is 2. The molecule has 2 rings (SSSR count). The van der Waals surface area contributed by atoms with Gasteiger partial charge in [-0.3, -0.25) is 4.99 Å². The molecule has 1 aliphatic heterocycles. The van der Waals surface area contributed by atoms with Gasteiger partial charge in [0.15, 0.2) is 5.96 Å². The minimum atomic E-state index is 0.278. The lowest BCUT2D eigenvalue weighted by molar-refractivity contribution is 0.297. The van der Waals surface area contributed by atoms with Crippen LogP contribution in [0.4, 0.5) is 0 Å². The van der Waals surface area contributed by atoms with E-state index >= 15 is 0 Å². The van der Waals surface area contributed by atoms with Gasteiger partial charge in [0, 0.05) is 13.1 Å². The molecule has 0 spiro atoms. The number of nitrogens with zero attached hydrogens (tertiary/aromatic N) is 2. The summed E-state index contributed by atoms with van der Waals surface area (Å²) in [6.45, 7) is 2.59. The van der Waals surface area contributed by atoms with E-state index in [2.05, 4.69) is 46.8 Å². The normalized spacial score (nSPS) is 15.9. The molecule has 0 aliphatic carbocycles. The molecule has 0 saturated carbocycles. The highest BCUT2D eigenvalue weighted by atomic mass is 16.5. The zero-order valence-corrected chi connectivity index (χ0v) is 11.8. The Kier molecular flexibility index (Phi) is 4.63. The molecule has 5 nitrogen and oxygen atoms in total. The fraction of sp³-hybridized carbons (Fsp3) is 0.500. The number of guanidine groups is 1. The SMILES string of the molecule is COc1cccc(C(CNC2=NCCN2)N(C)C)c1. The number of benzene rings is 1. The first-order chi connectivity index (χ1) is 9.20. The summed E-state index contributed by atoms with van der Waals surface area (Å²) < 4.78 is 5.29. The van der Waals surface area contributed by atoms with E-state index in [0.29, 0.717) is 0 Å². The number of ether oxygens (including phenoxy) is 1. The first-order valence-corrected chi connectivity index (χ1v) is 6.53. The van der Waals surface area contributed by atoms with Crippen molar-refractivity contribution in [2.75, 3.05) is 40.8 Å². The zero-order valence-electron chi connectivity index (χ0n) is 11.8. The van der Waals surface area contributed by atoms with E-state index in [4.69, 9.17) is 4.74 Å². The van der Waals surface area contributed by atoms with Crippen LogP contribution in [0, 0.1) is 0 Å². The molecule has 5 heteroatoms. The largest absolute Gasteiger partial charge is 0.497 e. The van der Waals surface area contributed by atoms with Crippen LogP contribution in [0.1, 0.15) is 11.6 Å². The minimum absolute atomic E-state index is 0.278. The molecular weight excluding hydrogens is 240 g/mol. The van der Waals surface area contributed by atoms with Crippen LogP contribution in [0.25, 0.3) is 0 Å². The zero-order chi connectivity index (χ0) is 13.7. The second-order valence-corrected chi connectivity index (χ2v) is 4.79. The standard InChI is InChI=1S/C14H22N4O/c1-18(2)13(10-17-14-15-7-8-16-14)11-5-4-6-12(9-11)19-3/h4-6,9,13H,7-8,10H2,1-3H3,(H2,15,16,17). The van der Waals surface area contributed by atoms with Crippen LogP contribution in [-0.2, 0) is 0 Å². The maximum Gasteiger partial charge on any atom is 0.191 e. The van der Waals surface area contributed by atoms with Crippen LogP contribution in [-0.4, -0.2) is 51.7 Å². The monoisotopic (exact) mass is 262 g/mol. The summed E-state index contributed by atoms with van der Waals surface area (Å²) in [5.41, 5.74) is 1.23. The average Bonchev–Trinajstić information content (AvgIpc) is 2.92. The molecule has 0 saturated heterocycles. The molecule has 19 heavy (non-hydrogen) atoms. The molecule has 0 radical (unpaired) electrons. The van der Waals surface area contributed by atoms with E-state index in [1.807, 2.05) is 12.1 Å². The Morgan fingerprint density at radius 3 is 2.95 bits per heavy atom. The van der Waals surface area contributed by atoms with Gasteiger partial charge in [0.25, 0.3) is 0 Å². The summed E-state index contributed by atoms with van der Waals surface area (Å²) in [5, 5.41) is 6.58. The summed E-state index contributed by atoms with van der Waals surface area (Å²) in [5.74, 6) is 1.79. The van der Waals surface area contributed by atoms with Crippen LogP contribution in [0.5, 0.6) is 5.75 Å². The lowest BCUT2D eigenvalue weighted by Gasteiger charge is -2.25. The van der Waals surface area contributed by atoms with Crippen molar-refractivity contribution in [2.24, 2.45) is 4.99 Å². The van der Waals surface area contributed by atoms with Crippen molar-refractivity contribution in [1.82, 2.24) is 15.5 Å². The molecule has 1 unspecified atom stereocenters. The molecular formula is C14H22N4O. The van der Waals surface area contributed by atoms with Crippen LogP contribution < -0.4 is 15.4 Å². The predicted molar refractivity (Wildman–Crippen MR) is 77.7 cm³/mol. The second-order valence-electron chi connectivity index (χ2n) is 4.79. The Hall–Kier alpha value is -1.75. The van der Waals surface area contributed by atoms with Crippen LogP contribution in [0.2, 0.25) is 0 Å². The van der Waals surface area contributed by atoms with Crippen LogP contribution in [0.3, 0.4) is 0 Å². The van der Waals surface area contributed by atoms with Gasteiger partial charge in [-0.15, -0.1) is 0 Å². The maximum absolute atomic E-state index is 5.29. The Morgan fingerprint density at radius 2 is 2.32 bits per heavy atom. The molecule has 2 N–H and O–H groups in total. The summed E-state index contributed by atoms with van der Waals surface area (Å²) in [4.78, 5) is 6.54. The molecule has 1 atom stereocenters. The topological polar surface area (TPSA) is 48.9 Å². The fourth-order valence-electron chi connectivity index (χ4n) is 2.16. The fourth-order valence-corrected chi connectivity index (χ4v) is 2.16. The Morgan fingerprint density at radius 1 is 1.47 bits per heavy atom. The van der Waals surface area contributed by atoms with Crippen molar-refractivity contribution in [1.29, 1.82) is 0 Å². The van der Waals surface area contributed by atoms with Crippen molar-refractivity contribution in [3.05, 3.63) is 29.8 Å². The molecule has 104 valence electrons. The summed E-state index contributed by atoms with van der Waals surface area (Å²) in [7, 11) is 5.85. The van der Waals surface area contributed by atoms with Crippen LogP contribution >= 0.6 is 0 Å². The molecule has 0 aromatic heterocycles. The summed E-state index contributed by atoms with van der Waals surface area (Å²) >= 11 is 0. The van der Waals surface area contributed by atoms with Gasteiger partial charge in [0.05, 0.1) is 19.7 Å². The molecule has 1 aromatic carbocycles. The van der Waals surface area contributed by atoms with E-state index < -0.39 is 0 Å². The van der Waals surface area contributed by atoms with E-state index in [-0.39, 0.29) is 6.04 Å². The third kappa shape index (κ3) is 3.61. The molecule has 0 amide bonds. The predicted octanol–water partition coefficient (Wildman–Crippen LogP) is 0.847. The molecule has 0 fully saturated rings.